The molecular formula is C8H10ClF2N. The molecule has 2 N–H and O–H groups in total. The highest BCUT2D eigenvalue weighted by Gasteiger charge is 2.17. The highest BCUT2D eigenvalue weighted by molar-refractivity contribution is 6.22. The number of hydrogen-bond donors (Lipinski definition) is 1. The lowest BCUT2D eigenvalue weighted by molar-refractivity contribution is 0.521. The van der Waals surface area contributed by atoms with Crippen LogP contribution in [0.15, 0.2) is 23.3 Å². The maximum Gasteiger partial charge on any atom is 0.154 e. The first-order valence-corrected chi connectivity index (χ1v) is 4.17. The van der Waals surface area contributed by atoms with Gasteiger partial charge in [-0.15, -0.1) is 11.6 Å². The van der Waals surface area contributed by atoms with Crippen molar-refractivity contribution >= 4 is 11.6 Å². The van der Waals surface area contributed by atoms with Crippen molar-refractivity contribution in [2.45, 2.75) is 18.2 Å². The topological polar surface area (TPSA) is 26.0 Å². The van der Waals surface area contributed by atoms with Gasteiger partial charge in [-0.25, -0.2) is 8.78 Å². The van der Waals surface area contributed by atoms with Gasteiger partial charge in [-0.1, -0.05) is 0 Å². The molecular weight excluding hydrogens is 184 g/mol. The number of halogens is 3. The third-order valence-electron chi connectivity index (χ3n) is 1.83. The van der Waals surface area contributed by atoms with Gasteiger partial charge >= 0.3 is 0 Å². The second-order valence-electron chi connectivity index (χ2n) is 2.68. The van der Waals surface area contributed by atoms with Crippen LogP contribution < -0.4 is 5.73 Å². The van der Waals surface area contributed by atoms with Crippen molar-refractivity contribution < 1.29 is 8.78 Å². The molecule has 4 heteroatoms. The molecule has 0 aliphatic heterocycles. The SMILES string of the molecule is NCC1=CC(F)=C(F)CCC1Cl. The fourth-order valence-corrected chi connectivity index (χ4v) is 1.34. The zero-order valence-corrected chi connectivity index (χ0v) is 7.24. The van der Waals surface area contributed by atoms with Crippen LogP contribution >= 0.6 is 11.6 Å². The van der Waals surface area contributed by atoms with Gasteiger partial charge in [-0.3, -0.25) is 0 Å². The minimum atomic E-state index is -0.835. The Morgan fingerprint density at radius 1 is 1.58 bits per heavy atom. The summed E-state index contributed by atoms with van der Waals surface area (Å²) in [6.45, 7) is 0.175. The first-order valence-electron chi connectivity index (χ1n) is 3.74. The van der Waals surface area contributed by atoms with E-state index in [0.29, 0.717) is 12.0 Å². The van der Waals surface area contributed by atoms with Gasteiger partial charge in [-0.05, 0) is 18.1 Å². The molecule has 0 aromatic carbocycles. The third kappa shape index (κ3) is 2.05. The van der Waals surface area contributed by atoms with Gasteiger partial charge in [-0.2, -0.15) is 0 Å². The average Bonchev–Trinajstić information content (AvgIpc) is 2.18. The van der Waals surface area contributed by atoms with Gasteiger partial charge in [0.2, 0.25) is 0 Å². The smallest absolute Gasteiger partial charge is 0.154 e. The van der Waals surface area contributed by atoms with Crippen LogP contribution in [0.4, 0.5) is 8.78 Å². The summed E-state index contributed by atoms with van der Waals surface area (Å²) in [5.41, 5.74) is 5.86. The van der Waals surface area contributed by atoms with Crippen LogP contribution in [0.1, 0.15) is 12.8 Å². The molecule has 1 unspecified atom stereocenters. The summed E-state index contributed by atoms with van der Waals surface area (Å²) >= 11 is 5.81. The Bertz CT molecular complexity index is 235. The Labute approximate surface area is 74.9 Å². The standard InChI is InChI=1S/C8H10ClF2N/c9-6-1-2-7(10)8(11)3-5(6)4-12/h3,6H,1-2,4,12H2. The summed E-state index contributed by atoms with van der Waals surface area (Å²) in [5, 5.41) is -0.339. The van der Waals surface area contributed by atoms with E-state index in [2.05, 4.69) is 0 Å². The number of allylic oxidation sites excluding steroid dienone is 3. The summed E-state index contributed by atoms with van der Waals surface area (Å²) in [5.74, 6) is -1.57. The molecule has 0 spiro atoms. The Morgan fingerprint density at radius 3 is 2.83 bits per heavy atom. The van der Waals surface area contributed by atoms with E-state index in [1.807, 2.05) is 0 Å². The first-order chi connectivity index (χ1) is 5.65. The molecule has 0 bridgehead atoms. The molecule has 0 amide bonds. The lowest BCUT2D eigenvalue weighted by Gasteiger charge is -2.07. The fraction of sp³-hybridized carbons (Fsp3) is 0.500. The maximum atomic E-state index is 12.8. The summed E-state index contributed by atoms with van der Waals surface area (Å²) in [4.78, 5) is 0. The summed E-state index contributed by atoms with van der Waals surface area (Å²) < 4.78 is 25.4. The van der Waals surface area contributed by atoms with Crippen LogP contribution in [0, 0.1) is 0 Å². The van der Waals surface area contributed by atoms with Gasteiger partial charge in [0.25, 0.3) is 0 Å². The van der Waals surface area contributed by atoms with E-state index in [0.717, 1.165) is 6.08 Å². The monoisotopic (exact) mass is 193 g/mol. The second-order valence-corrected chi connectivity index (χ2v) is 3.21. The Morgan fingerprint density at radius 2 is 2.25 bits per heavy atom. The predicted molar refractivity (Wildman–Crippen MR) is 45.3 cm³/mol. The molecule has 12 heavy (non-hydrogen) atoms. The van der Waals surface area contributed by atoms with Crippen molar-refractivity contribution in [2.75, 3.05) is 6.54 Å². The van der Waals surface area contributed by atoms with Gasteiger partial charge in [0.1, 0.15) is 5.83 Å². The van der Waals surface area contributed by atoms with Crippen molar-refractivity contribution in [1.82, 2.24) is 0 Å². The molecule has 1 aliphatic carbocycles. The lowest BCUT2D eigenvalue weighted by atomic mass is 10.1. The number of alkyl halides is 1. The number of nitrogens with two attached hydrogens (primary N) is 1. The van der Waals surface area contributed by atoms with Crippen LogP contribution in [-0.2, 0) is 0 Å². The van der Waals surface area contributed by atoms with E-state index in [1.165, 1.54) is 0 Å². The van der Waals surface area contributed by atoms with Crippen molar-refractivity contribution in [3.8, 4) is 0 Å². The van der Waals surface area contributed by atoms with Crippen LogP contribution in [-0.4, -0.2) is 11.9 Å². The molecule has 68 valence electrons. The van der Waals surface area contributed by atoms with E-state index in [1.54, 1.807) is 0 Å². The molecule has 0 aromatic rings. The molecule has 0 saturated heterocycles. The summed E-state index contributed by atoms with van der Waals surface area (Å²) in [6.07, 6.45) is 1.56. The Hall–Kier alpha value is -0.410. The molecule has 0 aromatic heterocycles. The largest absolute Gasteiger partial charge is 0.327 e. The van der Waals surface area contributed by atoms with Gasteiger partial charge < -0.3 is 5.73 Å². The normalized spacial score (nSPS) is 25.3. The van der Waals surface area contributed by atoms with E-state index < -0.39 is 11.7 Å². The summed E-state index contributed by atoms with van der Waals surface area (Å²) in [6, 6.07) is 0. The number of rotatable bonds is 1. The third-order valence-corrected chi connectivity index (χ3v) is 2.33. The Kier molecular flexibility index (Phi) is 3.23. The predicted octanol–water partition coefficient (Wildman–Crippen LogP) is 2.42. The van der Waals surface area contributed by atoms with Crippen LogP contribution in [0.2, 0.25) is 0 Å². The minimum absolute atomic E-state index is 0.0556. The van der Waals surface area contributed by atoms with E-state index in [4.69, 9.17) is 17.3 Å². The average molecular weight is 194 g/mol. The lowest BCUT2D eigenvalue weighted by Crippen LogP contribution is -2.12. The van der Waals surface area contributed by atoms with Gasteiger partial charge in [0.05, 0.1) is 5.38 Å². The van der Waals surface area contributed by atoms with E-state index >= 15 is 0 Å². The molecule has 1 atom stereocenters. The van der Waals surface area contributed by atoms with Crippen LogP contribution in [0.25, 0.3) is 0 Å². The minimum Gasteiger partial charge on any atom is -0.327 e. The second kappa shape index (κ2) is 4.01. The molecule has 0 fully saturated rings. The maximum absolute atomic E-state index is 12.8. The van der Waals surface area contributed by atoms with Crippen molar-refractivity contribution in [3.05, 3.63) is 23.3 Å². The van der Waals surface area contributed by atoms with Gasteiger partial charge in [0, 0.05) is 13.0 Å². The Balaban J connectivity index is 2.89. The molecule has 0 radical (unpaired) electrons. The van der Waals surface area contributed by atoms with Crippen molar-refractivity contribution in [2.24, 2.45) is 5.73 Å². The summed E-state index contributed by atoms with van der Waals surface area (Å²) in [7, 11) is 0. The fourth-order valence-electron chi connectivity index (χ4n) is 1.08. The van der Waals surface area contributed by atoms with E-state index in [-0.39, 0.29) is 18.3 Å². The van der Waals surface area contributed by atoms with Crippen LogP contribution in [0.3, 0.4) is 0 Å². The molecule has 0 heterocycles. The molecule has 0 saturated carbocycles. The zero-order valence-electron chi connectivity index (χ0n) is 6.49. The van der Waals surface area contributed by atoms with Crippen LogP contribution in [0.5, 0.6) is 0 Å². The van der Waals surface area contributed by atoms with Crippen molar-refractivity contribution in [1.29, 1.82) is 0 Å². The van der Waals surface area contributed by atoms with Gasteiger partial charge in [0.15, 0.2) is 5.83 Å². The van der Waals surface area contributed by atoms with Crippen molar-refractivity contribution in [3.63, 3.8) is 0 Å². The zero-order chi connectivity index (χ0) is 9.14. The molecule has 1 aliphatic rings. The molecule has 1 nitrogen and oxygen atoms in total. The molecule has 1 rings (SSSR count). The quantitative estimate of drug-likeness (QED) is 0.636. The highest BCUT2D eigenvalue weighted by atomic mass is 35.5. The highest BCUT2D eigenvalue weighted by Crippen LogP contribution is 2.27. The van der Waals surface area contributed by atoms with E-state index in [9.17, 15) is 8.78 Å². The number of hydrogen-bond acceptors (Lipinski definition) is 1. The first kappa shape index (κ1) is 9.68.